The van der Waals surface area contributed by atoms with E-state index in [9.17, 15) is 9.90 Å². The fraction of sp³-hybridized carbons (Fsp3) is 0.588. The minimum Gasteiger partial charge on any atom is -0.508 e. The lowest BCUT2D eigenvalue weighted by Gasteiger charge is -2.44. The fourth-order valence-corrected chi connectivity index (χ4v) is 11.7. The summed E-state index contributed by atoms with van der Waals surface area (Å²) in [6, 6.07) is 12.2. The van der Waals surface area contributed by atoms with Crippen molar-refractivity contribution in [1.82, 2.24) is 40.1 Å². The van der Waals surface area contributed by atoms with Crippen molar-refractivity contribution >= 4 is 39.2 Å². The Balaban J connectivity index is 0.781. The lowest BCUT2D eigenvalue weighted by molar-refractivity contribution is -0.134. The van der Waals surface area contributed by atoms with Crippen LogP contribution in [0.2, 0.25) is 0 Å². The van der Waals surface area contributed by atoms with E-state index in [1.54, 1.807) is 18.3 Å². The Morgan fingerprint density at radius 2 is 1.78 bits per heavy atom. The van der Waals surface area contributed by atoms with Crippen LogP contribution in [0.1, 0.15) is 90.4 Å². The third-order valence-electron chi connectivity index (χ3n) is 15.3. The largest absolute Gasteiger partial charge is 0.508 e. The zero-order chi connectivity index (χ0) is 46.6. The molecule has 5 saturated heterocycles. The number of carbonyl (C=O) groups excluding carboxylic acids is 1. The number of piperidine rings is 1. The molecule has 358 valence electrons. The quantitative estimate of drug-likeness (QED) is 0.122. The molecular weight excluding hydrogens is 855 g/mol. The van der Waals surface area contributed by atoms with E-state index in [2.05, 4.69) is 64.7 Å². The number of likely N-dealkylation sites (tertiary alicyclic amines) is 2. The number of fused-ring (bicyclic) bond motifs is 4. The number of alkyl halides is 1. The maximum Gasteiger partial charge on any atom is 0.319 e. The average Bonchev–Trinajstić information content (AvgIpc) is 4.06. The summed E-state index contributed by atoms with van der Waals surface area (Å²) in [6.45, 7) is 17.2. The Labute approximate surface area is 392 Å². The summed E-state index contributed by atoms with van der Waals surface area (Å²) in [5, 5.41) is 21.0. The average molecular weight is 921 g/mol. The van der Waals surface area contributed by atoms with E-state index >= 15 is 8.78 Å². The predicted octanol–water partition coefficient (Wildman–Crippen LogP) is 7.32. The van der Waals surface area contributed by atoms with Crippen LogP contribution in [0, 0.1) is 11.7 Å². The van der Waals surface area contributed by atoms with Gasteiger partial charge in [0.15, 0.2) is 17.4 Å². The number of anilines is 2. The van der Waals surface area contributed by atoms with Crippen molar-refractivity contribution in [2.75, 3.05) is 81.9 Å². The minimum absolute atomic E-state index is 0.0348. The van der Waals surface area contributed by atoms with E-state index in [0.717, 1.165) is 73.9 Å². The van der Waals surface area contributed by atoms with Crippen LogP contribution in [-0.2, 0) is 11.2 Å². The van der Waals surface area contributed by atoms with Gasteiger partial charge in [-0.3, -0.25) is 19.6 Å². The summed E-state index contributed by atoms with van der Waals surface area (Å²) < 4.78 is 45.8. The molecule has 0 spiro atoms. The van der Waals surface area contributed by atoms with Crippen molar-refractivity contribution in [3.8, 4) is 23.0 Å². The molecule has 2 aromatic carbocycles. The summed E-state index contributed by atoms with van der Waals surface area (Å²) in [7, 11) is 0. The summed E-state index contributed by atoms with van der Waals surface area (Å²) in [4.78, 5) is 38.8. The van der Waals surface area contributed by atoms with Crippen LogP contribution in [-0.4, -0.2) is 148 Å². The molecule has 2 N–H and O–H groups in total. The SMILES string of the molecule is CCc1cccc2cc(O)cc(-c3ncc4c(N5CC6CCC(C5)N6)nc(OCCN5CCC(F)(CN6CCN(c7cc(C(C(=O)N8CCCC8C)C(C)C)on7)C(C)C6)CC5)nc4c3F)c12. The number of pyridine rings is 1. The number of carbonyl (C=O) groups is 1. The predicted molar refractivity (Wildman–Crippen MR) is 256 cm³/mol. The molecule has 0 aliphatic carbocycles. The number of hydrogen-bond donors (Lipinski definition) is 2. The first kappa shape index (κ1) is 45.6. The molecule has 67 heavy (non-hydrogen) atoms. The first-order valence-corrected chi connectivity index (χ1v) is 24.8. The molecule has 5 unspecified atom stereocenters. The number of aromatic nitrogens is 4. The lowest BCUT2D eigenvalue weighted by Crippen LogP contribution is -2.56. The molecule has 14 nitrogen and oxygen atoms in total. The Hall–Kier alpha value is -5.19. The third-order valence-corrected chi connectivity index (χ3v) is 15.3. The minimum atomic E-state index is -1.31. The molecule has 5 aromatic rings. The van der Waals surface area contributed by atoms with Gasteiger partial charge in [0.1, 0.15) is 41.0 Å². The number of rotatable bonds is 13. The topological polar surface area (TPSA) is 139 Å². The summed E-state index contributed by atoms with van der Waals surface area (Å²) in [5.74, 6) is 1.23. The highest BCUT2D eigenvalue weighted by Gasteiger charge is 2.40. The van der Waals surface area contributed by atoms with Crippen molar-refractivity contribution in [2.24, 2.45) is 5.92 Å². The number of aryl methyl sites for hydroxylation is 1. The monoisotopic (exact) mass is 921 g/mol. The highest BCUT2D eigenvalue weighted by molar-refractivity contribution is 6.01. The standard InChI is InChI=1S/C51H66F2N10O4/c1-6-34-10-7-11-35-23-38(64)24-39(44(34)35)46-45(52)47-40(26-54-46)48(61-28-36-12-13-37(29-61)55-36)57-50(56-47)66-22-21-59-17-14-51(53,15-18-59)30-60-19-20-62(33(5)27-60)42-25-41(67-58-42)43(31(2)3)49(65)63-16-8-9-32(63)4/h7,10-11,23-26,31-33,36-37,43,55,64H,6,8-9,12-22,27-30H2,1-5H3. The molecule has 0 radical (unpaired) electrons. The Bertz CT molecular complexity index is 2590. The number of aromatic hydroxyl groups is 1. The van der Waals surface area contributed by atoms with Gasteiger partial charge in [-0.25, -0.2) is 8.78 Å². The van der Waals surface area contributed by atoms with Crippen molar-refractivity contribution in [2.45, 2.75) is 115 Å². The van der Waals surface area contributed by atoms with Crippen LogP contribution in [0.15, 0.2) is 47.1 Å². The number of nitrogens with one attached hydrogen (secondary N) is 1. The maximum absolute atomic E-state index is 17.1. The number of nitrogens with zero attached hydrogens (tertiary/aromatic N) is 9. The van der Waals surface area contributed by atoms with Gasteiger partial charge in [-0.15, -0.1) is 0 Å². The lowest BCUT2D eigenvalue weighted by atomic mass is 9.91. The van der Waals surface area contributed by atoms with Gasteiger partial charge in [0.2, 0.25) is 5.91 Å². The normalized spacial score (nSPS) is 24.1. The van der Waals surface area contributed by atoms with Gasteiger partial charge < -0.3 is 34.4 Å². The zero-order valence-electron chi connectivity index (χ0n) is 39.7. The van der Waals surface area contributed by atoms with Gasteiger partial charge in [-0.1, -0.05) is 44.1 Å². The van der Waals surface area contributed by atoms with Crippen LogP contribution < -0.4 is 19.9 Å². The molecule has 16 heteroatoms. The second-order valence-corrected chi connectivity index (χ2v) is 20.4. The van der Waals surface area contributed by atoms with Crippen LogP contribution in [0.3, 0.4) is 0 Å². The van der Waals surface area contributed by atoms with Gasteiger partial charge in [0.05, 0.1) is 5.39 Å². The molecule has 10 rings (SSSR count). The summed E-state index contributed by atoms with van der Waals surface area (Å²) in [5.41, 5.74) is 0.480. The fourth-order valence-electron chi connectivity index (χ4n) is 11.7. The highest BCUT2D eigenvalue weighted by atomic mass is 19.1. The Morgan fingerprint density at radius 3 is 2.49 bits per heavy atom. The Kier molecular flexibility index (Phi) is 12.7. The molecule has 5 aliphatic rings. The number of piperazine rings is 2. The number of phenols is 1. The molecule has 5 fully saturated rings. The summed E-state index contributed by atoms with van der Waals surface area (Å²) >= 11 is 0. The Morgan fingerprint density at radius 1 is 0.985 bits per heavy atom. The number of benzene rings is 2. The van der Waals surface area contributed by atoms with Crippen LogP contribution >= 0.6 is 0 Å². The van der Waals surface area contributed by atoms with Gasteiger partial charge in [0, 0.05) is 107 Å². The second-order valence-electron chi connectivity index (χ2n) is 20.4. The third kappa shape index (κ3) is 9.13. The van der Waals surface area contributed by atoms with E-state index in [4.69, 9.17) is 24.2 Å². The number of ether oxygens (including phenoxy) is 1. The van der Waals surface area contributed by atoms with Gasteiger partial charge >= 0.3 is 6.01 Å². The maximum atomic E-state index is 17.1. The van der Waals surface area contributed by atoms with Gasteiger partial charge in [0.25, 0.3) is 0 Å². The molecular formula is C51H66F2N10O4. The van der Waals surface area contributed by atoms with E-state index < -0.39 is 11.5 Å². The molecule has 3 aromatic heterocycles. The van der Waals surface area contributed by atoms with Gasteiger partial charge in [-0.05, 0) is 93.2 Å². The first-order valence-electron chi connectivity index (χ1n) is 24.8. The zero-order valence-corrected chi connectivity index (χ0v) is 39.7. The number of phenolic OH excluding ortho intramolecular Hbond substituents is 1. The van der Waals surface area contributed by atoms with Crippen molar-refractivity contribution in [3.05, 3.63) is 59.7 Å². The molecule has 0 saturated carbocycles. The molecule has 5 aliphatic heterocycles. The van der Waals surface area contributed by atoms with Crippen molar-refractivity contribution < 1.29 is 27.9 Å². The number of hydrogen-bond acceptors (Lipinski definition) is 13. The van der Waals surface area contributed by atoms with Crippen LogP contribution in [0.25, 0.3) is 32.9 Å². The van der Waals surface area contributed by atoms with Crippen molar-refractivity contribution in [3.63, 3.8) is 0 Å². The summed E-state index contributed by atoms with van der Waals surface area (Å²) in [6.07, 6.45) is 7.44. The first-order chi connectivity index (χ1) is 32.3. The van der Waals surface area contributed by atoms with Crippen molar-refractivity contribution in [1.29, 1.82) is 0 Å². The molecule has 1 amide bonds. The molecule has 2 bridgehead atoms. The highest BCUT2D eigenvalue weighted by Crippen LogP contribution is 2.40. The van der Waals surface area contributed by atoms with E-state index in [1.807, 2.05) is 29.2 Å². The van der Waals surface area contributed by atoms with E-state index in [-0.39, 0.29) is 59.4 Å². The molecule has 5 atom stereocenters. The number of amides is 1. The van der Waals surface area contributed by atoms with E-state index in [0.29, 0.717) is 93.3 Å². The van der Waals surface area contributed by atoms with Crippen LogP contribution in [0.5, 0.6) is 11.8 Å². The number of halogens is 2. The van der Waals surface area contributed by atoms with Gasteiger partial charge in [-0.2, -0.15) is 9.97 Å². The van der Waals surface area contributed by atoms with E-state index in [1.165, 1.54) is 0 Å². The second kappa shape index (κ2) is 18.7. The van der Waals surface area contributed by atoms with Crippen LogP contribution in [0.4, 0.5) is 20.4 Å². The molecule has 8 heterocycles. The smallest absolute Gasteiger partial charge is 0.319 e.